The van der Waals surface area contributed by atoms with Gasteiger partial charge >= 0.3 is 0 Å². The fourth-order valence-electron chi connectivity index (χ4n) is 3.69. The van der Waals surface area contributed by atoms with Crippen molar-refractivity contribution in [1.82, 2.24) is 19.9 Å². The highest BCUT2D eigenvalue weighted by Crippen LogP contribution is 2.30. The highest BCUT2D eigenvalue weighted by Gasteiger charge is 2.18. The molecule has 0 fully saturated rings. The minimum atomic E-state index is -0.552. The number of aromatic nitrogens is 3. The molecule has 0 saturated heterocycles. The molecule has 0 radical (unpaired) electrons. The number of carbonyl (C=O) groups excluding carboxylic acids is 1. The fourth-order valence-corrected chi connectivity index (χ4v) is 3.88. The predicted octanol–water partition coefficient (Wildman–Crippen LogP) is 3.94. The molecule has 10 heteroatoms. The SMILES string of the molecule is O=C(NCc1cccc(Cl)c1F)c1ccc2cc1OCCOCCNc1ccn3ncc-2c3n1. The number of rotatable bonds is 3. The molecule has 2 aromatic heterocycles. The maximum Gasteiger partial charge on any atom is 0.255 e. The van der Waals surface area contributed by atoms with Gasteiger partial charge in [0.1, 0.15) is 24.0 Å². The summed E-state index contributed by atoms with van der Waals surface area (Å²) in [5.74, 6) is 0.156. The van der Waals surface area contributed by atoms with Gasteiger partial charge in [0.15, 0.2) is 5.65 Å². The molecule has 4 bridgehead atoms. The normalized spacial score (nSPS) is 13.7. The van der Waals surface area contributed by atoms with Crippen LogP contribution in [-0.2, 0) is 11.3 Å². The summed E-state index contributed by atoms with van der Waals surface area (Å²) >= 11 is 5.84. The zero-order valence-electron chi connectivity index (χ0n) is 18.1. The lowest BCUT2D eigenvalue weighted by molar-refractivity contribution is 0.0932. The fraction of sp³-hybridized carbons (Fsp3) is 0.208. The summed E-state index contributed by atoms with van der Waals surface area (Å²) in [5.41, 5.74) is 2.89. The molecule has 0 saturated carbocycles. The molecule has 2 N–H and O–H groups in total. The summed E-state index contributed by atoms with van der Waals surface area (Å²) < 4.78 is 27.4. The molecule has 3 heterocycles. The smallest absolute Gasteiger partial charge is 0.255 e. The van der Waals surface area contributed by atoms with Gasteiger partial charge in [-0.05, 0) is 29.8 Å². The second-order valence-corrected chi connectivity index (χ2v) is 8.04. The van der Waals surface area contributed by atoms with Crippen LogP contribution in [0.15, 0.2) is 54.9 Å². The van der Waals surface area contributed by atoms with Crippen LogP contribution in [0.2, 0.25) is 5.02 Å². The van der Waals surface area contributed by atoms with Gasteiger partial charge in [-0.3, -0.25) is 4.79 Å². The summed E-state index contributed by atoms with van der Waals surface area (Å²) in [6.07, 6.45) is 3.55. The van der Waals surface area contributed by atoms with Crippen LogP contribution >= 0.6 is 11.6 Å². The first kappa shape index (κ1) is 22.1. The van der Waals surface area contributed by atoms with Crippen LogP contribution in [0.1, 0.15) is 15.9 Å². The molecule has 8 nitrogen and oxygen atoms in total. The topological polar surface area (TPSA) is 89.8 Å². The average molecular weight is 482 g/mol. The van der Waals surface area contributed by atoms with E-state index in [2.05, 4.69) is 20.7 Å². The maximum atomic E-state index is 14.2. The Labute approximate surface area is 199 Å². The standard InChI is InChI=1S/C24H21ClFN5O3/c25-19-3-1-2-16(22(19)26)13-28-24(32)17-5-4-15-12-20(17)34-11-10-33-9-7-27-21-6-8-31-23(30-21)18(15)14-29-31/h1-6,8,12,14H,7,9-11,13H2,(H,27,30)(H,28,32). The van der Waals surface area contributed by atoms with E-state index in [0.717, 1.165) is 16.9 Å². The van der Waals surface area contributed by atoms with E-state index in [9.17, 15) is 9.18 Å². The minimum Gasteiger partial charge on any atom is -0.490 e. The molecular weight excluding hydrogens is 461 g/mol. The molecule has 34 heavy (non-hydrogen) atoms. The first-order chi connectivity index (χ1) is 16.6. The first-order valence-electron chi connectivity index (χ1n) is 10.7. The lowest BCUT2D eigenvalue weighted by Gasteiger charge is -2.15. The van der Waals surface area contributed by atoms with Gasteiger partial charge in [0, 0.05) is 30.4 Å². The van der Waals surface area contributed by atoms with Gasteiger partial charge in [-0.15, -0.1) is 0 Å². The minimum absolute atomic E-state index is 0.00801. The van der Waals surface area contributed by atoms with E-state index in [1.54, 1.807) is 35.0 Å². The number of carbonyl (C=O) groups is 1. The second-order valence-electron chi connectivity index (χ2n) is 7.63. The van der Waals surface area contributed by atoms with E-state index in [1.807, 2.05) is 18.3 Å². The van der Waals surface area contributed by atoms with Gasteiger partial charge < -0.3 is 20.1 Å². The van der Waals surface area contributed by atoms with Crippen molar-refractivity contribution in [1.29, 1.82) is 0 Å². The van der Waals surface area contributed by atoms with Crippen molar-refractivity contribution in [3.05, 3.63) is 76.8 Å². The Hall–Kier alpha value is -3.69. The van der Waals surface area contributed by atoms with E-state index in [0.29, 0.717) is 42.3 Å². The number of fused-ring (bicyclic) bond motifs is 4. The van der Waals surface area contributed by atoms with Crippen molar-refractivity contribution < 1.29 is 18.7 Å². The van der Waals surface area contributed by atoms with Gasteiger partial charge in [-0.1, -0.05) is 29.8 Å². The molecule has 0 spiro atoms. The third-order valence-corrected chi connectivity index (χ3v) is 5.71. The summed E-state index contributed by atoms with van der Waals surface area (Å²) in [7, 11) is 0. The number of halogens is 2. The predicted molar refractivity (Wildman–Crippen MR) is 126 cm³/mol. The van der Waals surface area contributed by atoms with E-state index in [4.69, 9.17) is 21.1 Å². The highest BCUT2D eigenvalue weighted by molar-refractivity contribution is 6.30. The Bertz CT molecular complexity index is 1360. The molecule has 1 amide bonds. The number of hydrogen-bond acceptors (Lipinski definition) is 6. The van der Waals surface area contributed by atoms with Crippen LogP contribution < -0.4 is 15.4 Å². The van der Waals surface area contributed by atoms with E-state index in [1.165, 1.54) is 6.07 Å². The quantitative estimate of drug-likeness (QED) is 0.460. The Morgan fingerprint density at radius 1 is 1.21 bits per heavy atom. The molecular formula is C24H21ClFN5O3. The molecule has 1 aliphatic heterocycles. The molecule has 0 aliphatic carbocycles. The Balaban J connectivity index is 1.47. The van der Waals surface area contributed by atoms with Crippen LogP contribution in [0.25, 0.3) is 16.8 Å². The van der Waals surface area contributed by atoms with Crippen molar-refractivity contribution in [2.45, 2.75) is 6.54 Å². The number of anilines is 1. The number of hydrogen-bond donors (Lipinski definition) is 2. The molecule has 1 aliphatic rings. The van der Waals surface area contributed by atoms with Crippen LogP contribution in [0.4, 0.5) is 10.2 Å². The van der Waals surface area contributed by atoms with E-state index in [-0.39, 0.29) is 18.2 Å². The third-order valence-electron chi connectivity index (χ3n) is 5.42. The molecule has 174 valence electrons. The van der Waals surface area contributed by atoms with E-state index >= 15 is 0 Å². The number of amides is 1. The first-order valence-corrected chi connectivity index (χ1v) is 11.1. The van der Waals surface area contributed by atoms with Crippen LogP contribution in [0.5, 0.6) is 5.75 Å². The summed E-state index contributed by atoms with van der Waals surface area (Å²) in [5, 5.41) is 10.4. The second kappa shape index (κ2) is 9.66. The lowest BCUT2D eigenvalue weighted by atomic mass is 10.0. The molecule has 5 rings (SSSR count). The zero-order valence-corrected chi connectivity index (χ0v) is 18.8. The van der Waals surface area contributed by atoms with Crippen molar-refractivity contribution in [3.63, 3.8) is 0 Å². The van der Waals surface area contributed by atoms with Crippen molar-refractivity contribution in [2.75, 3.05) is 31.7 Å². The van der Waals surface area contributed by atoms with Crippen LogP contribution in [-0.4, -0.2) is 46.9 Å². The monoisotopic (exact) mass is 481 g/mol. The lowest BCUT2D eigenvalue weighted by Crippen LogP contribution is -2.24. The van der Waals surface area contributed by atoms with Crippen molar-refractivity contribution in [2.24, 2.45) is 0 Å². The number of benzene rings is 2. The Kier molecular flexibility index (Phi) is 6.29. The summed E-state index contributed by atoms with van der Waals surface area (Å²) in [6.45, 7) is 1.67. The summed E-state index contributed by atoms with van der Waals surface area (Å²) in [6, 6.07) is 11.8. The van der Waals surface area contributed by atoms with Crippen LogP contribution in [0, 0.1) is 5.82 Å². The number of nitrogens with one attached hydrogen (secondary N) is 2. The van der Waals surface area contributed by atoms with Gasteiger partial charge in [0.2, 0.25) is 0 Å². The van der Waals surface area contributed by atoms with Gasteiger partial charge in [0.25, 0.3) is 5.91 Å². The molecule has 0 unspecified atom stereocenters. The van der Waals surface area contributed by atoms with Crippen molar-refractivity contribution >= 4 is 29.0 Å². The van der Waals surface area contributed by atoms with Gasteiger partial charge in [0.05, 0.1) is 30.0 Å². The summed E-state index contributed by atoms with van der Waals surface area (Å²) in [4.78, 5) is 17.6. The van der Waals surface area contributed by atoms with Crippen LogP contribution in [0.3, 0.4) is 0 Å². The van der Waals surface area contributed by atoms with Crippen molar-refractivity contribution in [3.8, 4) is 16.9 Å². The van der Waals surface area contributed by atoms with Gasteiger partial charge in [-0.2, -0.15) is 5.10 Å². The molecule has 4 aromatic rings. The van der Waals surface area contributed by atoms with Gasteiger partial charge in [-0.25, -0.2) is 13.9 Å². The Morgan fingerprint density at radius 3 is 3.03 bits per heavy atom. The van der Waals surface area contributed by atoms with E-state index < -0.39 is 11.7 Å². The number of nitrogens with zero attached hydrogens (tertiary/aromatic N) is 3. The average Bonchev–Trinajstić information content (AvgIpc) is 3.27. The third kappa shape index (κ3) is 4.52. The number of ether oxygens (including phenoxy) is 2. The molecule has 2 aromatic carbocycles. The highest BCUT2D eigenvalue weighted by atomic mass is 35.5. The zero-order chi connectivity index (χ0) is 23.5. The largest absolute Gasteiger partial charge is 0.490 e. The Morgan fingerprint density at radius 2 is 2.12 bits per heavy atom. The maximum absolute atomic E-state index is 14.2. The molecule has 0 atom stereocenters.